The Bertz CT molecular complexity index is 684. The lowest BCUT2D eigenvalue weighted by Crippen LogP contribution is -2.55. The minimum absolute atomic E-state index is 0.167. The van der Waals surface area contributed by atoms with E-state index in [-0.39, 0.29) is 23.5 Å². The van der Waals surface area contributed by atoms with E-state index >= 15 is 0 Å². The van der Waals surface area contributed by atoms with Crippen molar-refractivity contribution in [1.29, 1.82) is 0 Å². The molecule has 6 nitrogen and oxygen atoms in total. The van der Waals surface area contributed by atoms with Crippen LogP contribution in [0.15, 0.2) is 24.3 Å². The van der Waals surface area contributed by atoms with Gasteiger partial charge in [-0.15, -0.1) is 0 Å². The van der Waals surface area contributed by atoms with E-state index in [9.17, 15) is 18.8 Å². The molecule has 1 atom stereocenters. The largest absolute Gasteiger partial charge is 0.467 e. The van der Waals surface area contributed by atoms with Crippen LogP contribution in [0, 0.1) is 11.7 Å². The van der Waals surface area contributed by atoms with E-state index in [1.54, 1.807) is 11.8 Å². The molecular formula is C20H27FN2O4. The maximum absolute atomic E-state index is 13.0. The number of amides is 2. The Morgan fingerprint density at radius 1 is 1.22 bits per heavy atom. The first-order valence-electron chi connectivity index (χ1n) is 9.26. The zero-order valence-electron chi connectivity index (χ0n) is 16.1. The molecule has 7 heteroatoms. The van der Waals surface area contributed by atoms with E-state index in [0.717, 1.165) is 6.42 Å². The molecule has 0 bridgehead atoms. The zero-order chi connectivity index (χ0) is 20.0. The first-order valence-corrected chi connectivity index (χ1v) is 9.26. The molecule has 1 aromatic carbocycles. The molecule has 1 unspecified atom stereocenters. The van der Waals surface area contributed by atoms with E-state index in [0.29, 0.717) is 37.9 Å². The number of methoxy groups -OCH3 is 1. The van der Waals surface area contributed by atoms with Crippen molar-refractivity contribution in [2.75, 3.05) is 20.2 Å². The molecular weight excluding hydrogens is 351 g/mol. The highest BCUT2D eigenvalue weighted by Gasteiger charge is 2.38. The normalized spacial score (nSPS) is 17.1. The predicted molar refractivity (Wildman–Crippen MR) is 98.5 cm³/mol. The van der Waals surface area contributed by atoms with Gasteiger partial charge in [0, 0.05) is 24.6 Å². The van der Waals surface area contributed by atoms with Crippen LogP contribution in [0.2, 0.25) is 0 Å². The molecule has 148 valence electrons. The lowest BCUT2D eigenvalue weighted by Gasteiger charge is -2.34. The molecule has 0 saturated carbocycles. The number of carbonyl (C=O) groups is 3. The first-order chi connectivity index (χ1) is 12.8. The topological polar surface area (TPSA) is 75.7 Å². The van der Waals surface area contributed by atoms with Gasteiger partial charge >= 0.3 is 5.97 Å². The van der Waals surface area contributed by atoms with Crippen molar-refractivity contribution in [2.45, 2.75) is 45.1 Å². The fourth-order valence-corrected chi connectivity index (χ4v) is 3.43. The summed E-state index contributed by atoms with van der Waals surface area (Å²) in [5.74, 6) is -1.46. The zero-order valence-corrected chi connectivity index (χ0v) is 16.1. The van der Waals surface area contributed by atoms with E-state index in [1.807, 2.05) is 6.92 Å². The predicted octanol–water partition coefficient (Wildman–Crippen LogP) is 2.53. The molecule has 1 fully saturated rings. The van der Waals surface area contributed by atoms with Crippen LogP contribution in [0.4, 0.5) is 4.39 Å². The number of hydrogen-bond acceptors (Lipinski definition) is 4. The summed E-state index contributed by atoms with van der Waals surface area (Å²) >= 11 is 0. The fourth-order valence-electron chi connectivity index (χ4n) is 3.43. The SMILES string of the molecule is CCCC(C)(NC(=O)C1CCN(C(=O)c2ccc(F)cc2)CC1)C(=O)OC. The van der Waals surface area contributed by atoms with Crippen molar-refractivity contribution in [1.82, 2.24) is 10.2 Å². The van der Waals surface area contributed by atoms with Gasteiger partial charge in [-0.25, -0.2) is 9.18 Å². The average Bonchev–Trinajstić information content (AvgIpc) is 2.67. The van der Waals surface area contributed by atoms with Crippen LogP contribution < -0.4 is 5.32 Å². The summed E-state index contributed by atoms with van der Waals surface area (Å²) in [4.78, 5) is 38.8. The molecule has 0 aliphatic carbocycles. The first kappa shape index (κ1) is 20.9. The van der Waals surface area contributed by atoms with Crippen molar-refractivity contribution in [3.8, 4) is 0 Å². The quantitative estimate of drug-likeness (QED) is 0.772. The van der Waals surface area contributed by atoms with E-state index in [1.165, 1.54) is 31.4 Å². The Morgan fingerprint density at radius 2 is 1.81 bits per heavy atom. The van der Waals surface area contributed by atoms with Gasteiger partial charge in [-0.3, -0.25) is 9.59 Å². The van der Waals surface area contributed by atoms with Crippen molar-refractivity contribution in [3.05, 3.63) is 35.6 Å². The lowest BCUT2D eigenvalue weighted by atomic mass is 9.91. The molecule has 1 aromatic rings. The van der Waals surface area contributed by atoms with Crippen LogP contribution in [0.1, 0.15) is 49.9 Å². The molecule has 1 aliphatic heterocycles. The molecule has 0 aromatic heterocycles. The lowest BCUT2D eigenvalue weighted by molar-refractivity contribution is -0.151. The number of nitrogens with one attached hydrogen (secondary N) is 1. The molecule has 2 amide bonds. The number of piperidine rings is 1. The van der Waals surface area contributed by atoms with Crippen LogP contribution in [0.3, 0.4) is 0 Å². The Hall–Kier alpha value is -2.44. The van der Waals surface area contributed by atoms with Gasteiger partial charge in [0.05, 0.1) is 7.11 Å². The number of likely N-dealkylation sites (tertiary alicyclic amines) is 1. The number of ether oxygens (including phenoxy) is 1. The number of rotatable bonds is 6. The van der Waals surface area contributed by atoms with Crippen LogP contribution in [0.5, 0.6) is 0 Å². The smallest absolute Gasteiger partial charge is 0.331 e. The van der Waals surface area contributed by atoms with Gasteiger partial charge in [-0.2, -0.15) is 0 Å². The summed E-state index contributed by atoms with van der Waals surface area (Å²) in [6, 6.07) is 5.44. The Kier molecular flexibility index (Phi) is 6.93. The van der Waals surface area contributed by atoms with Crippen LogP contribution in [-0.4, -0.2) is 48.4 Å². The second-order valence-corrected chi connectivity index (χ2v) is 7.14. The van der Waals surface area contributed by atoms with E-state index in [2.05, 4.69) is 5.32 Å². The van der Waals surface area contributed by atoms with Gasteiger partial charge in [0.2, 0.25) is 5.91 Å². The number of nitrogens with zero attached hydrogens (tertiary/aromatic N) is 1. The van der Waals surface area contributed by atoms with Crippen molar-refractivity contribution in [2.24, 2.45) is 5.92 Å². The maximum Gasteiger partial charge on any atom is 0.331 e. The monoisotopic (exact) mass is 378 g/mol. The number of benzene rings is 1. The summed E-state index contributed by atoms with van der Waals surface area (Å²) in [7, 11) is 1.31. The standard InChI is InChI=1S/C20H27FN2O4/c1-4-11-20(2,19(26)27-3)22-17(24)14-9-12-23(13-10-14)18(25)15-5-7-16(21)8-6-15/h5-8,14H,4,9-13H2,1-3H3,(H,22,24). The van der Waals surface area contributed by atoms with Gasteiger partial charge in [0.25, 0.3) is 5.91 Å². The van der Waals surface area contributed by atoms with Crippen LogP contribution in [0.25, 0.3) is 0 Å². The van der Waals surface area contributed by atoms with E-state index in [4.69, 9.17) is 4.74 Å². The fraction of sp³-hybridized carbons (Fsp3) is 0.550. The molecule has 1 heterocycles. The van der Waals surface area contributed by atoms with Crippen molar-refractivity contribution in [3.63, 3.8) is 0 Å². The molecule has 1 aliphatic rings. The third-order valence-electron chi connectivity index (χ3n) is 5.03. The molecule has 2 rings (SSSR count). The Balaban J connectivity index is 1.94. The molecule has 0 radical (unpaired) electrons. The minimum atomic E-state index is -1.04. The van der Waals surface area contributed by atoms with Gasteiger partial charge in [0.1, 0.15) is 11.4 Å². The van der Waals surface area contributed by atoms with Crippen LogP contribution in [-0.2, 0) is 14.3 Å². The van der Waals surface area contributed by atoms with Crippen LogP contribution >= 0.6 is 0 Å². The highest BCUT2D eigenvalue weighted by Crippen LogP contribution is 2.22. The number of halogens is 1. The summed E-state index contributed by atoms with van der Waals surface area (Å²) in [6.45, 7) is 4.49. The van der Waals surface area contributed by atoms with Gasteiger partial charge in [-0.05, 0) is 50.5 Å². The molecule has 1 saturated heterocycles. The van der Waals surface area contributed by atoms with E-state index < -0.39 is 11.5 Å². The Morgan fingerprint density at radius 3 is 2.33 bits per heavy atom. The summed E-state index contributed by atoms with van der Waals surface area (Å²) < 4.78 is 17.8. The minimum Gasteiger partial charge on any atom is -0.467 e. The molecule has 27 heavy (non-hydrogen) atoms. The number of carbonyl (C=O) groups excluding carboxylic acids is 3. The van der Waals surface area contributed by atoms with Gasteiger partial charge in [0.15, 0.2) is 0 Å². The highest BCUT2D eigenvalue weighted by molar-refractivity contribution is 5.94. The summed E-state index contributed by atoms with van der Waals surface area (Å²) in [5.41, 5.74) is -0.609. The second-order valence-electron chi connectivity index (χ2n) is 7.14. The third kappa shape index (κ3) is 5.05. The highest BCUT2D eigenvalue weighted by atomic mass is 19.1. The average molecular weight is 378 g/mol. The van der Waals surface area contributed by atoms with Crippen molar-refractivity contribution < 1.29 is 23.5 Å². The molecule has 0 spiro atoms. The van der Waals surface area contributed by atoms with Gasteiger partial charge < -0.3 is 15.0 Å². The molecule has 1 N–H and O–H groups in total. The number of hydrogen-bond donors (Lipinski definition) is 1. The number of esters is 1. The second kappa shape index (κ2) is 8.97. The van der Waals surface area contributed by atoms with Crippen molar-refractivity contribution >= 4 is 17.8 Å². The maximum atomic E-state index is 13.0. The third-order valence-corrected chi connectivity index (χ3v) is 5.03. The Labute approximate surface area is 159 Å². The summed E-state index contributed by atoms with van der Waals surface area (Å²) in [5, 5.41) is 2.84. The van der Waals surface area contributed by atoms with Gasteiger partial charge in [-0.1, -0.05) is 13.3 Å². The summed E-state index contributed by atoms with van der Waals surface area (Å²) in [6.07, 6.45) is 2.26.